The average molecular weight is 296 g/mol. The molecule has 0 spiro atoms. The van der Waals surface area contributed by atoms with E-state index in [9.17, 15) is 4.39 Å². The largest absolute Gasteiger partial charge is 0.313 e. The lowest BCUT2D eigenvalue weighted by Crippen LogP contribution is -2.14. The van der Waals surface area contributed by atoms with Crippen molar-refractivity contribution < 1.29 is 4.39 Å². The highest BCUT2D eigenvalue weighted by molar-refractivity contribution is 6.32. The second kappa shape index (κ2) is 6.37. The number of halogens is 2. The molecule has 5 heteroatoms. The molecule has 1 aromatic heterocycles. The van der Waals surface area contributed by atoms with Crippen molar-refractivity contribution in [3.05, 3.63) is 46.5 Å². The van der Waals surface area contributed by atoms with Crippen LogP contribution in [-0.4, -0.2) is 16.3 Å². The van der Waals surface area contributed by atoms with Crippen molar-refractivity contribution in [3.8, 4) is 5.69 Å². The molecule has 1 aromatic carbocycles. The fourth-order valence-electron chi connectivity index (χ4n) is 2.27. The molecule has 0 amide bonds. The van der Waals surface area contributed by atoms with Gasteiger partial charge in [-0.25, -0.2) is 9.07 Å². The second-order valence-corrected chi connectivity index (χ2v) is 5.38. The van der Waals surface area contributed by atoms with Crippen LogP contribution >= 0.6 is 11.6 Å². The summed E-state index contributed by atoms with van der Waals surface area (Å²) in [6, 6.07) is 4.67. The number of para-hydroxylation sites is 1. The summed E-state index contributed by atoms with van der Waals surface area (Å²) in [4.78, 5) is 0. The summed E-state index contributed by atoms with van der Waals surface area (Å²) in [6.07, 6.45) is 1.78. The molecule has 1 N–H and O–H groups in total. The van der Waals surface area contributed by atoms with Gasteiger partial charge in [0, 0.05) is 12.1 Å². The van der Waals surface area contributed by atoms with Gasteiger partial charge in [-0.2, -0.15) is 5.10 Å². The van der Waals surface area contributed by atoms with E-state index in [0.717, 1.165) is 24.3 Å². The quantitative estimate of drug-likeness (QED) is 0.907. The maximum Gasteiger partial charge on any atom is 0.150 e. The third-order valence-corrected chi connectivity index (χ3v) is 3.45. The number of hydrogen-bond donors (Lipinski definition) is 1. The Balaban J connectivity index is 2.54. The summed E-state index contributed by atoms with van der Waals surface area (Å²) in [7, 11) is 0. The van der Waals surface area contributed by atoms with E-state index in [1.54, 1.807) is 23.0 Å². The smallest absolute Gasteiger partial charge is 0.150 e. The van der Waals surface area contributed by atoms with Gasteiger partial charge in [0.15, 0.2) is 0 Å². The molecule has 0 saturated heterocycles. The lowest BCUT2D eigenvalue weighted by molar-refractivity contribution is 0.601. The van der Waals surface area contributed by atoms with Crippen LogP contribution in [0.2, 0.25) is 5.02 Å². The summed E-state index contributed by atoms with van der Waals surface area (Å²) in [5.74, 6) is -0.140. The minimum atomic E-state index is -0.363. The first-order valence-corrected chi connectivity index (χ1v) is 7.16. The Morgan fingerprint density at radius 1 is 1.40 bits per heavy atom. The highest BCUT2D eigenvalue weighted by Crippen LogP contribution is 2.28. The fraction of sp³-hybridized carbons (Fsp3) is 0.400. The zero-order chi connectivity index (χ0) is 14.7. The van der Waals surface area contributed by atoms with Gasteiger partial charge in [-0.05, 0) is 24.6 Å². The number of nitrogens with zero attached hydrogens (tertiary/aromatic N) is 2. The van der Waals surface area contributed by atoms with Crippen LogP contribution in [0.15, 0.2) is 24.4 Å². The summed E-state index contributed by atoms with van der Waals surface area (Å²) in [5.41, 5.74) is 2.37. The average Bonchev–Trinajstić information content (AvgIpc) is 2.80. The van der Waals surface area contributed by atoms with Crippen LogP contribution in [0.25, 0.3) is 5.69 Å². The van der Waals surface area contributed by atoms with E-state index in [-0.39, 0.29) is 11.7 Å². The molecule has 20 heavy (non-hydrogen) atoms. The van der Waals surface area contributed by atoms with Crippen molar-refractivity contribution >= 4 is 11.6 Å². The van der Waals surface area contributed by atoms with Crippen molar-refractivity contribution in [2.75, 3.05) is 6.54 Å². The Morgan fingerprint density at radius 3 is 2.75 bits per heavy atom. The Hall–Kier alpha value is -1.39. The number of hydrogen-bond acceptors (Lipinski definition) is 2. The van der Waals surface area contributed by atoms with Crippen LogP contribution in [0, 0.1) is 5.82 Å². The van der Waals surface area contributed by atoms with Crippen molar-refractivity contribution in [3.63, 3.8) is 0 Å². The maximum absolute atomic E-state index is 14.1. The van der Waals surface area contributed by atoms with Gasteiger partial charge in [0.2, 0.25) is 0 Å². The van der Waals surface area contributed by atoms with Crippen molar-refractivity contribution in [2.45, 2.75) is 33.2 Å². The summed E-state index contributed by atoms with van der Waals surface area (Å²) < 4.78 is 15.7. The summed E-state index contributed by atoms with van der Waals surface area (Å²) >= 11 is 6.14. The van der Waals surface area contributed by atoms with E-state index in [1.165, 1.54) is 6.07 Å². The lowest BCUT2D eigenvalue weighted by Gasteiger charge is -2.14. The normalized spacial score (nSPS) is 11.3. The van der Waals surface area contributed by atoms with Gasteiger partial charge < -0.3 is 5.32 Å². The first kappa shape index (κ1) is 15.0. The monoisotopic (exact) mass is 295 g/mol. The predicted octanol–water partition coefficient (Wildman–Crippen LogP) is 3.90. The minimum absolute atomic E-state index is 0.224. The van der Waals surface area contributed by atoms with Gasteiger partial charge >= 0.3 is 0 Å². The van der Waals surface area contributed by atoms with Crippen LogP contribution in [0.5, 0.6) is 0 Å². The van der Waals surface area contributed by atoms with Gasteiger partial charge in [-0.3, -0.25) is 0 Å². The predicted molar refractivity (Wildman–Crippen MR) is 80.0 cm³/mol. The lowest BCUT2D eigenvalue weighted by atomic mass is 10.1. The Labute approximate surface area is 123 Å². The van der Waals surface area contributed by atoms with Crippen molar-refractivity contribution in [1.29, 1.82) is 0 Å². The Bertz CT molecular complexity index is 573. The van der Waals surface area contributed by atoms with E-state index in [2.05, 4.69) is 24.3 Å². The molecule has 0 aliphatic rings. The highest BCUT2D eigenvalue weighted by Gasteiger charge is 2.19. The maximum atomic E-state index is 14.1. The molecule has 0 atom stereocenters. The van der Waals surface area contributed by atoms with Gasteiger partial charge in [0.05, 0.1) is 16.9 Å². The number of aromatic nitrogens is 2. The van der Waals surface area contributed by atoms with Crippen LogP contribution in [0.1, 0.15) is 37.9 Å². The fourth-order valence-corrected chi connectivity index (χ4v) is 2.52. The Kier molecular flexibility index (Phi) is 4.78. The highest BCUT2D eigenvalue weighted by atomic mass is 35.5. The topological polar surface area (TPSA) is 29.9 Å². The van der Waals surface area contributed by atoms with E-state index in [0.29, 0.717) is 10.7 Å². The van der Waals surface area contributed by atoms with Crippen molar-refractivity contribution in [2.24, 2.45) is 0 Å². The molecule has 108 valence electrons. The van der Waals surface area contributed by atoms with Crippen LogP contribution in [0.3, 0.4) is 0 Å². The molecule has 0 aliphatic carbocycles. The molecule has 0 fully saturated rings. The van der Waals surface area contributed by atoms with Crippen LogP contribution in [0.4, 0.5) is 4.39 Å². The van der Waals surface area contributed by atoms with Gasteiger partial charge in [-0.15, -0.1) is 0 Å². The minimum Gasteiger partial charge on any atom is -0.313 e. The van der Waals surface area contributed by atoms with Crippen LogP contribution in [-0.2, 0) is 6.54 Å². The second-order valence-electron chi connectivity index (χ2n) is 4.97. The molecule has 0 aliphatic heterocycles. The van der Waals surface area contributed by atoms with Crippen LogP contribution < -0.4 is 5.32 Å². The molecule has 2 aromatic rings. The van der Waals surface area contributed by atoms with Crippen molar-refractivity contribution in [1.82, 2.24) is 15.1 Å². The molecule has 0 radical (unpaired) electrons. The van der Waals surface area contributed by atoms with Gasteiger partial charge in [-0.1, -0.05) is 38.4 Å². The van der Waals surface area contributed by atoms with E-state index in [4.69, 9.17) is 11.6 Å². The summed E-state index contributed by atoms with van der Waals surface area (Å²) in [5, 5.41) is 7.97. The molecule has 0 saturated carbocycles. The molecule has 0 bridgehead atoms. The Morgan fingerprint density at radius 2 is 2.15 bits per heavy atom. The first-order chi connectivity index (χ1) is 9.56. The van der Waals surface area contributed by atoms with Gasteiger partial charge in [0.1, 0.15) is 11.5 Å². The third-order valence-electron chi connectivity index (χ3n) is 3.15. The molecule has 3 nitrogen and oxygen atoms in total. The molecule has 2 rings (SSSR count). The molecule has 0 unspecified atom stereocenters. The molecular weight excluding hydrogens is 277 g/mol. The van der Waals surface area contributed by atoms with Gasteiger partial charge in [0.25, 0.3) is 0 Å². The van der Waals surface area contributed by atoms with E-state index < -0.39 is 0 Å². The standard InChI is InChI=1S/C15H19ClFN3/c1-4-18-8-11-9-19-20(14(11)10(2)3)15-12(16)6-5-7-13(15)17/h5-7,9-10,18H,4,8H2,1-3H3. The number of rotatable bonds is 5. The third kappa shape index (κ3) is 2.86. The number of benzene rings is 1. The number of nitrogens with one attached hydrogen (secondary N) is 1. The molecular formula is C15H19ClFN3. The summed E-state index contributed by atoms with van der Waals surface area (Å²) in [6.45, 7) is 7.78. The zero-order valence-electron chi connectivity index (χ0n) is 12.0. The first-order valence-electron chi connectivity index (χ1n) is 6.78. The van der Waals surface area contributed by atoms with E-state index >= 15 is 0 Å². The molecule has 1 heterocycles. The van der Waals surface area contributed by atoms with E-state index in [1.807, 2.05) is 6.92 Å². The SMILES string of the molecule is CCNCc1cnn(-c2c(F)cccc2Cl)c1C(C)C. The zero-order valence-corrected chi connectivity index (χ0v) is 12.7.